The van der Waals surface area contributed by atoms with E-state index >= 15 is 0 Å². The molecule has 0 bridgehead atoms. The first-order chi connectivity index (χ1) is 12.1. The Morgan fingerprint density at radius 2 is 2.00 bits per heavy atom. The number of hydrogen-bond donors (Lipinski definition) is 3. The van der Waals surface area contributed by atoms with E-state index in [2.05, 4.69) is 23.1 Å². The quantitative estimate of drug-likeness (QED) is 0.698. The Morgan fingerprint density at radius 1 is 1.27 bits per heavy atom. The number of carbonyl (C=O) groups excluding carboxylic acids is 3. The number of alkyl carbamates (subject to hydrolysis) is 1. The van der Waals surface area contributed by atoms with Crippen molar-refractivity contribution < 1.29 is 19.1 Å². The summed E-state index contributed by atoms with van der Waals surface area (Å²) in [6.45, 7) is 7.63. The highest BCUT2D eigenvalue weighted by Gasteiger charge is 2.21. The van der Waals surface area contributed by atoms with E-state index in [1.807, 2.05) is 6.07 Å². The minimum atomic E-state index is -0.585. The molecule has 1 heterocycles. The van der Waals surface area contributed by atoms with Gasteiger partial charge in [-0.2, -0.15) is 0 Å². The number of aryl methyl sites for hydroxylation is 1. The summed E-state index contributed by atoms with van der Waals surface area (Å²) in [5.41, 5.74) is 5.45. The van der Waals surface area contributed by atoms with Gasteiger partial charge in [0.05, 0.1) is 4.88 Å². The third-order valence-electron chi connectivity index (χ3n) is 3.89. The third-order valence-corrected chi connectivity index (χ3v) is 5.12. The molecule has 1 aliphatic rings. The summed E-state index contributed by atoms with van der Waals surface area (Å²) in [6.07, 6.45) is 2.63. The predicted molar refractivity (Wildman–Crippen MR) is 100.0 cm³/mol. The van der Waals surface area contributed by atoms with Gasteiger partial charge in [0.2, 0.25) is 5.91 Å². The van der Waals surface area contributed by atoms with Gasteiger partial charge in [-0.15, -0.1) is 11.3 Å². The highest BCUT2D eigenvalue weighted by molar-refractivity contribution is 7.14. The molecule has 3 N–H and O–H groups in total. The van der Waals surface area contributed by atoms with Crippen molar-refractivity contribution in [1.82, 2.24) is 16.2 Å². The van der Waals surface area contributed by atoms with E-state index in [1.165, 1.54) is 21.8 Å². The van der Waals surface area contributed by atoms with Crippen molar-refractivity contribution >= 4 is 29.2 Å². The number of hydrazine groups is 1. The predicted octanol–water partition coefficient (Wildman–Crippen LogP) is 2.55. The van der Waals surface area contributed by atoms with E-state index in [0.29, 0.717) is 10.8 Å². The fourth-order valence-electron chi connectivity index (χ4n) is 2.66. The Balaban J connectivity index is 1.70. The number of thiophene rings is 1. The van der Waals surface area contributed by atoms with Gasteiger partial charge in [-0.05, 0) is 57.6 Å². The number of fused-ring (bicyclic) bond motifs is 1. The van der Waals surface area contributed by atoms with Gasteiger partial charge >= 0.3 is 6.09 Å². The molecular weight excluding hydrogens is 354 g/mol. The van der Waals surface area contributed by atoms with Crippen LogP contribution in [0.25, 0.3) is 0 Å². The Bertz CT molecular complexity index is 678. The number of ether oxygens (including phenoxy) is 1. The lowest BCUT2D eigenvalue weighted by Gasteiger charge is -2.19. The molecule has 26 heavy (non-hydrogen) atoms. The topological polar surface area (TPSA) is 96.5 Å². The number of carbonyl (C=O) groups is 3. The average molecular weight is 381 g/mol. The molecule has 0 unspecified atom stereocenters. The molecule has 0 radical (unpaired) electrons. The van der Waals surface area contributed by atoms with Gasteiger partial charge in [0.25, 0.3) is 5.91 Å². The molecule has 7 nitrogen and oxygen atoms in total. The zero-order valence-corrected chi connectivity index (χ0v) is 16.5. The highest BCUT2D eigenvalue weighted by atomic mass is 32.1. The van der Waals surface area contributed by atoms with Gasteiger partial charge in [0.1, 0.15) is 5.60 Å². The first-order valence-corrected chi connectivity index (χ1v) is 9.63. The maximum Gasteiger partial charge on any atom is 0.407 e. The SMILES string of the molecule is C[C@H]1CCc2sc(C(=O)NNC(=O)CCNC(=O)OC(C)(C)C)cc2C1. The Hall–Kier alpha value is -2.09. The molecule has 0 aliphatic heterocycles. The largest absolute Gasteiger partial charge is 0.444 e. The van der Waals surface area contributed by atoms with E-state index in [9.17, 15) is 14.4 Å². The van der Waals surface area contributed by atoms with Crippen LogP contribution in [-0.2, 0) is 22.4 Å². The Labute approximate surface area is 157 Å². The first-order valence-electron chi connectivity index (χ1n) is 8.81. The van der Waals surface area contributed by atoms with Gasteiger partial charge in [-0.3, -0.25) is 20.4 Å². The van der Waals surface area contributed by atoms with Gasteiger partial charge in [-0.1, -0.05) is 6.92 Å². The molecule has 144 valence electrons. The fourth-order valence-corrected chi connectivity index (χ4v) is 3.76. The smallest absolute Gasteiger partial charge is 0.407 e. The van der Waals surface area contributed by atoms with Gasteiger partial charge in [-0.25, -0.2) is 4.79 Å². The number of nitrogens with one attached hydrogen (secondary N) is 3. The van der Waals surface area contributed by atoms with Crippen molar-refractivity contribution in [3.8, 4) is 0 Å². The molecule has 0 spiro atoms. The molecule has 3 amide bonds. The number of hydrogen-bond acceptors (Lipinski definition) is 5. The van der Waals surface area contributed by atoms with Crippen molar-refractivity contribution in [3.63, 3.8) is 0 Å². The van der Waals surface area contributed by atoms with Crippen LogP contribution < -0.4 is 16.2 Å². The molecule has 0 saturated heterocycles. The zero-order valence-electron chi connectivity index (χ0n) is 15.7. The van der Waals surface area contributed by atoms with E-state index in [-0.39, 0.29) is 24.8 Å². The molecule has 1 aromatic rings. The zero-order chi connectivity index (χ0) is 19.3. The first kappa shape index (κ1) is 20.2. The second-order valence-electron chi connectivity index (χ2n) is 7.59. The maximum absolute atomic E-state index is 12.2. The van der Waals surface area contributed by atoms with E-state index in [1.54, 1.807) is 20.8 Å². The second kappa shape index (κ2) is 8.53. The molecule has 8 heteroatoms. The van der Waals surface area contributed by atoms with Gasteiger partial charge < -0.3 is 10.1 Å². The third kappa shape index (κ3) is 6.33. The average Bonchev–Trinajstić information content (AvgIpc) is 2.94. The number of amides is 3. The molecule has 1 aromatic heterocycles. The summed E-state index contributed by atoms with van der Waals surface area (Å²) >= 11 is 1.49. The monoisotopic (exact) mass is 381 g/mol. The Kier molecular flexibility index (Phi) is 6.63. The summed E-state index contributed by atoms with van der Waals surface area (Å²) in [5, 5.41) is 2.49. The lowest BCUT2D eigenvalue weighted by molar-refractivity contribution is -0.121. The normalized spacial score (nSPS) is 16.4. The van der Waals surface area contributed by atoms with Gasteiger partial charge in [0, 0.05) is 17.8 Å². The summed E-state index contributed by atoms with van der Waals surface area (Å²) in [7, 11) is 0. The lowest BCUT2D eigenvalue weighted by Crippen LogP contribution is -2.42. The van der Waals surface area contributed by atoms with Crippen molar-refractivity contribution in [2.75, 3.05) is 6.54 Å². The highest BCUT2D eigenvalue weighted by Crippen LogP contribution is 2.32. The van der Waals surface area contributed by atoms with E-state index in [0.717, 1.165) is 19.3 Å². The summed E-state index contributed by atoms with van der Waals surface area (Å²) in [6, 6.07) is 1.92. The van der Waals surface area contributed by atoms with Crippen LogP contribution in [0, 0.1) is 5.92 Å². The molecule has 0 fully saturated rings. The lowest BCUT2D eigenvalue weighted by atomic mass is 9.90. The molecule has 2 rings (SSSR count). The van der Waals surface area contributed by atoms with Crippen LogP contribution in [0.5, 0.6) is 0 Å². The Morgan fingerprint density at radius 3 is 2.69 bits per heavy atom. The van der Waals surface area contributed by atoms with Crippen molar-refractivity contribution in [2.45, 2.75) is 59.0 Å². The van der Waals surface area contributed by atoms with Crippen LogP contribution in [0.1, 0.15) is 60.6 Å². The number of rotatable bonds is 4. The minimum absolute atomic E-state index is 0.0397. The molecule has 1 aliphatic carbocycles. The van der Waals surface area contributed by atoms with Crippen molar-refractivity contribution in [1.29, 1.82) is 0 Å². The van der Waals surface area contributed by atoms with Crippen LogP contribution >= 0.6 is 11.3 Å². The van der Waals surface area contributed by atoms with Crippen LogP contribution in [0.4, 0.5) is 4.79 Å². The fraction of sp³-hybridized carbons (Fsp3) is 0.611. The standard InChI is InChI=1S/C18H27N3O4S/c1-11-5-6-13-12(9-11)10-14(26-13)16(23)21-20-15(22)7-8-19-17(24)25-18(2,3)4/h10-11H,5-9H2,1-4H3,(H,19,24)(H,20,22)(H,21,23)/t11-/m0/s1. The van der Waals surface area contributed by atoms with Crippen molar-refractivity contribution in [2.24, 2.45) is 5.92 Å². The van der Waals surface area contributed by atoms with Crippen LogP contribution in [0.15, 0.2) is 6.07 Å². The van der Waals surface area contributed by atoms with E-state index in [4.69, 9.17) is 4.74 Å². The molecule has 0 saturated carbocycles. The van der Waals surface area contributed by atoms with E-state index < -0.39 is 11.7 Å². The maximum atomic E-state index is 12.2. The minimum Gasteiger partial charge on any atom is -0.444 e. The van der Waals surface area contributed by atoms with Crippen LogP contribution in [0.2, 0.25) is 0 Å². The summed E-state index contributed by atoms with van der Waals surface area (Å²) in [5.74, 6) is -0.0555. The second-order valence-corrected chi connectivity index (χ2v) is 8.72. The van der Waals surface area contributed by atoms with Crippen LogP contribution in [0.3, 0.4) is 0 Å². The summed E-state index contributed by atoms with van der Waals surface area (Å²) in [4.78, 5) is 37.3. The molecule has 0 aromatic carbocycles. The molecular formula is C18H27N3O4S. The van der Waals surface area contributed by atoms with Crippen molar-refractivity contribution in [3.05, 3.63) is 21.4 Å². The molecule has 1 atom stereocenters. The van der Waals surface area contributed by atoms with Crippen LogP contribution in [-0.4, -0.2) is 30.1 Å². The summed E-state index contributed by atoms with van der Waals surface area (Å²) < 4.78 is 5.07. The van der Waals surface area contributed by atoms with Gasteiger partial charge in [0.15, 0.2) is 0 Å².